The number of hydrogen-bond donors (Lipinski definition) is 2. The number of benzene rings is 1. The fourth-order valence-corrected chi connectivity index (χ4v) is 3.70. The molecule has 0 aliphatic carbocycles. The summed E-state index contributed by atoms with van der Waals surface area (Å²) in [4.78, 5) is 17.1. The maximum atomic E-state index is 5.66. The minimum atomic E-state index is 0.379. The number of piperazine rings is 1. The number of nitrogens with zero attached hydrogens (tertiary/aromatic N) is 6. The number of anilines is 3. The van der Waals surface area contributed by atoms with Crippen LogP contribution in [0.2, 0.25) is 0 Å². The molecule has 0 amide bonds. The molecular weight excluding hydrogens is 366 g/mol. The van der Waals surface area contributed by atoms with Crippen molar-refractivity contribution in [3.63, 3.8) is 0 Å². The van der Waals surface area contributed by atoms with Crippen molar-refractivity contribution in [2.75, 3.05) is 41.4 Å². The third-order valence-corrected chi connectivity index (χ3v) is 5.15. The van der Waals surface area contributed by atoms with E-state index in [0.717, 1.165) is 54.5 Å². The fourth-order valence-electron chi connectivity index (χ4n) is 3.70. The molecule has 0 bridgehead atoms. The van der Waals surface area contributed by atoms with E-state index in [1.165, 1.54) is 0 Å². The summed E-state index contributed by atoms with van der Waals surface area (Å²) in [5, 5.41) is 5.47. The maximum Gasteiger partial charge on any atom is 0.274 e. The van der Waals surface area contributed by atoms with Crippen LogP contribution in [0.3, 0.4) is 0 Å². The summed E-state index contributed by atoms with van der Waals surface area (Å²) < 4.78 is 1.82. The number of fused-ring (bicyclic) bond motifs is 1. The van der Waals surface area contributed by atoms with Gasteiger partial charge in [-0.25, -0.2) is 15.5 Å². The Morgan fingerprint density at radius 1 is 0.897 bits per heavy atom. The van der Waals surface area contributed by atoms with Gasteiger partial charge >= 0.3 is 0 Å². The number of aromatic nitrogens is 5. The highest BCUT2D eigenvalue weighted by atomic mass is 15.4. The fraction of sp³-hybridized carbons (Fsp3) is 0.200. The lowest BCUT2D eigenvalue weighted by Crippen LogP contribution is -2.48. The molecule has 0 radical (unpaired) electrons. The quantitative estimate of drug-likeness (QED) is 0.401. The van der Waals surface area contributed by atoms with Crippen LogP contribution in [0.15, 0.2) is 60.9 Å². The van der Waals surface area contributed by atoms with Crippen molar-refractivity contribution in [2.24, 2.45) is 5.84 Å². The van der Waals surface area contributed by atoms with Gasteiger partial charge in [0.25, 0.3) is 5.82 Å². The van der Waals surface area contributed by atoms with E-state index in [4.69, 9.17) is 5.84 Å². The first kappa shape index (κ1) is 17.4. The molecule has 0 unspecified atom stereocenters. The van der Waals surface area contributed by atoms with Crippen molar-refractivity contribution in [2.45, 2.75) is 0 Å². The second-order valence-corrected chi connectivity index (χ2v) is 6.87. The smallest absolute Gasteiger partial charge is 0.274 e. The number of para-hydroxylation sites is 1. The van der Waals surface area contributed by atoms with Gasteiger partial charge < -0.3 is 4.90 Å². The zero-order valence-electron chi connectivity index (χ0n) is 15.9. The molecule has 1 aliphatic rings. The van der Waals surface area contributed by atoms with E-state index >= 15 is 0 Å². The summed E-state index contributed by atoms with van der Waals surface area (Å²) in [6.45, 7) is 3.47. The molecule has 9 nitrogen and oxygen atoms in total. The van der Waals surface area contributed by atoms with Gasteiger partial charge in [0.1, 0.15) is 18.9 Å². The maximum absolute atomic E-state index is 5.66. The molecule has 5 rings (SSSR count). The lowest BCUT2D eigenvalue weighted by Gasteiger charge is -2.32. The Labute approximate surface area is 167 Å². The van der Waals surface area contributed by atoms with E-state index in [0.29, 0.717) is 5.95 Å². The molecular formula is C20H22N9+. The summed E-state index contributed by atoms with van der Waals surface area (Å²) in [5.74, 6) is 8.01. The van der Waals surface area contributed by atoms with Crippen LogP contribution >= 0.6 is 0 Å². The molecule has 4 N–H and O–H groups in total. The number of nitrogens with one attached hydrogen (secondary N) is 2. The Morgan fingerprint density at radius 2 is 1.66 bits per heavy atom. The number of hydrazine groups is 1. The molecule has 1 aliphatic heterocycles. The van der Waals surface area contributed by atoms with E-state index in [1.807, 2.05) is 59.5 Å². The number of hydrogen-bond acceptors (Lipinski definition) is 7. The monoisotopic (exact) mass is 388 g/mol. The highest BCUT2D eigenvalue weighted by Crippen LogP contribution is 2.28. The number of aromatic amines is 1. The van der Waals surface area contributed by atoms with Crippen LogP contribution in [0.1, 0.15) is 0 Å². The van der Waals surface area contributed by atoms with E-state index in [2.05, 4.69) is 41.3 Å². The number of H-pyrrole nitrogens is 1. The first-order valence-electron chi connectivity index (χ1n) is 9.58. The van der Waals surface area contributed by atoms with Crippen molar-refractivity contribution >= 4 is 28.6 Å². The highest BCUT2D eigenvalue weighted by molar-refractivity contribution is 5.89. The van der Waals surface area contributed by atoms with Gasteiger partial charge in [-0.15, -0.1) is 0 Å². The topological polar surface area (TPSA) is 102 Å². The third kappa shape index (κ3) is 3.21. The predicted molar refractivity (Wildman–Crippen MR) is 112 cm³/mol. The number of nitrogens with two attached hydrogens (primary N) is 1. The molecule has 29 heavy (non-hydrogen) atoms. The zero-order valence-corrected chi connectivity index (χ0v) is 15.9. The van der Waals surface area contributed by atoms with Crippen molar-refractivity contribution in [1.29, 1.82) is 0 Å². The van der Waals surface area contributed by atoms with Crippen LogP contribution in [-0.2, 0) is 0 Å². The van der Waals surface area contributed by atoms with E-state index < -0.39 is 0 Å². The molecule has 3 aromatic heterocycles. The van der Waals surface area contributed by atoms with Crippen LogP contribution in [0.25, 0.3) is 16.7 Å². The summed E-state index contributed by atoms with van der Waals surface area (Å²) in [7, 11) is 0. The van der Waals surface area contributed by atoms with Gasteiger partial charge in [0.05, 0.1) is 36.6 Å². The number of nitrogen functional groups attached to an aromatic ring is 1. The summed E-state index contributed by atoms with van der Waals surface area (Å²) in [6, 6.07) is 16.1. The summed E-state index contributed by atoms with van der Waals surface area (Å²) in [6.07, 6.45) is 3.78. The minimum Gasteiger partial charge on any atom is -0.348 e. The Kier molecular flexibility index (Phi) is 4.41. The number of pyridine rings is 1. The lowest BCUT2D eigenvalue weighted by atomic mass is 10.2. The predicted octanol–water partition coefficient (Wildman–Crippen LogP) is 1.24. The van der Waals surface area contributed by atoms with Crippen LogP contribution in [0, 0.1) is 0 Å². The van der Waals surface area contributed by atoms with E-state index in [-0.39, 0.29) is 0 Å². The second kappa shape index (κ2) is 7.36. The van der Waals surface area contributed by atoms with Crippen molar-refractivity contribution in [3.05, 3.63) is 60.9 Å². The average Bonchev–Trinajstić information content (AvgIpc) is 3.24. The molecule has 9 heteroatoms. The second-order valence-electron chi connectivity index (χ2n) is 6.87. The Bertz CT molecular complexity index is 1100. The van der Waals surface area contributed by atoms with Gasteiger partial charge in [0.15, 0.2) is 5.65 Å². The molecule has 4 aromatic rings. The van der Waals surface area contributed by atoms with Gasteiger partial charge in [0.2, 0.25) is 5.95 Å². The van der Waals surface area contributed by atoms with Gasteiger partial charge in [-0.2, -0.15) is 15.1 Å². The minimum absolute atomic E-state index is 0.379. The highest BCUT2D eigenvalue weighted by Gasteiger charge is 2.26. The van der Waals surface area contributed by atoms with E-state index in [1.54, 1.807) is 0 Å². The average molecular weight is 388 g/mol. The SMILES string of the molecule is NNc1nc(N2CCN(c3cccc[nH+]3)CC2)c2cnn(-c3ccccc3)c2n1. The van der Waals surface area contributed by atoms with Crippen LogP contribution in [-0.4, -0.2) is 45.9 Å². The van der Waals surface area contributed by atoms with Crippen LogP contribution in [0.4, 0.5) is 17.6 Å². The van der Waals surface area contributed by atoms with Gasteiger partial charge in [-0.05, 0) is 18.2 Å². The first-order chi connectivity index (χ1) is 14.3. The lowest BCUT2D eigenvalue weighted by molar-refractivity contribution is -0.364. The summed E-state index contributed by atoms with van der Waals surface area (Å²) in [5.41, 5.74) is 4.27. The molecule has 1 fully saturated rings. The zero-order chi connectivity index (χ0) is 19.6. The Morgan fingerprint density at radius 3 is 2.38 bits per heavy atom. The largest absolute Gasteiger partial charge is 0.348 e. The standard InChI is InChI=1S/C20H21N9/c21-26-20-24-18(28-12-10-27(11-13-28)17-8-4-5-9-22-17)16-14-23-29(19(16)25-20)15-6-2-1-3-7-15/h1-9,14H,10-13,21H2,(H,24,25,26)/p+1. The van der Waals surface area contributed by atoms with Crippen molar-refractivity contribution < 1.29 is 4.98 Å². The van der Waals surface area contributed by atoms with E-state index in [9.17, 15) is 0 Å². The molecule has 146 valence electrons. The summed E-state index contributed by atoms with van der Waals surface area (Å²) >= 11 is 0. The first-order valence-corrected chi connectivity index (χ1v) is 9.58. The molecule has 0 saturated carbocycles. The molecule has 4 heterocycles. The molecule has 1 aromatic carbocycles. The van der Waals surface area contributed by atoms with Gasteiger partial charge in [-0.1, -0.05) is 24.3 Å². The third-order valence-electron chi connectivity index (χ3n) is 5.15. The van der Waals surface area contributed by atoms with Crippen molar-refractivity contribution in [3.8, 4) is 5.69 Å². The Balaban J connectivity index is 1.48. The van der Waals surface area contributed by atoms with Gasteiger partial charge in [-0.3, -0.25) is 10.3 Å². The molecule has 0 spiro atoms. The molecule has 1 saturated heterocycles. The molecule has 0 atom stereocenters. The van der Waals surface area contributed by atoms with Crippen LogP contribution in [0.5, 0.6) is 0 Å². The Hall–Kier alpha value is -3.72. The number of rotatable bonds is 4. The van der Waals surface area contributed by atoms with Crippen molar-refractivity contribution in [1.82, 2.24) is 19.7 Å². The van der Waals surface area contributed by atoms with Crippen LogP contribution < -0.4 is 26.1 Å². The normalized spacial score (nSPS) is 14.4. The van der Waals surface area contributed by atoms with Gasteiger partial charge in [0, 0.05) is 6.07 Å².